The first kappa shape index (κ1) is 14.6. The molecule has 0 aliphatic heterocycles. The molecule has 1 fully saturated rings. The maximum Gasteiger partial charge on any atom is 0.244 e. The van der Waals surface area contributed by atoms with Crippen molar-refractivity contribution in [3.63, 3.8) is 0 Å². The molecule has 0 saturated heterocycles. The van der Waals surface area contributed by atoms with Gasteiger partial charge in [-0.25, -0.2) is 0 Å². The third kappa shape index (κ3) is 3.39. The highest BCUT2D eigenvalue weighted by atomic mass is 16.3. The first-order valence-corrected chi connectivity index (χ1v) is 6.93. The van der Waals surface area contributed by atoms with Crippen LogP contribution in [0.2, 0.25) is 0 Å². The molecule has 0 bridgehead atoms. The van der Waals surface area contributed by atoms with Crippen molar-refractivity contribution in [2.75, 3.05) is 25.6 Å². The molecular weight excluding hydrogens is 252 g/mol. The number of anilines is 1. The van der Waals surface area contributed by atoms with Crippen molar-refractivity contribution in [3.8, 4) is 0 Å². The van der Waals surface area contributed by atoms with Crippen LogP contribution in [0.15, 0.2) is 30.3 Å². The second-order valence-corrected chi connectivity index (χ2v) is 5.60. The number of nitrogens with zero attached hydrogens (tertiary/aromatic N) is 1. The number of carbonyl (C=O) groups is 1. The van der Waals surface area contributed by atoms with E-state index >= 15 is 0 Å². The summed E-state index contributed by atoms with van der Waals surface area (Å²) >= 11 is 0. The summed E-state index contributed by atoms with van der Waals surface area (Å²) in [6, 6.07) is 7.98. The van der Waals surface area contributed by atoms with Crippen LogP contribution in [-0.2, 0) is 4.79 Å². The highest BCUT2D eigenvalue weighted by Crippen LogP contribution is 2.31. The summed E-state index contributed by atoms with van der Waals surface area (Å²) in [5, 5.41) is 12.2. The van der Waals surface area contributed by atoms with Gasteiger partial charge in [0.2, 0.25) is 5.91 Å². The van der Waals surface area contributed by atoms with Gasteiger partial charge in [0.05, 0.1) is 12.1 Å². The molecule has 1 saturated carbocycles. The molecule has 4 nitrogen and oxygen atoms in total. The van der Waals surface area contributed by atoms with Crippen LogP contribution in [0.4, 0.5) is 5.69 Å². The number of hydrogen-bond acceptors (Lipinski definition) is 3. The smallest absolute Gasteiger partial charge is 0.244 e. The minimum absolute atomic E-state index is 0.0180. The van der Waals surface area contributed by atoms with E-state index in [1.165, 1.54) is 6.08 Å². The Morgan fingerprint density at radius 3 is 2.45 bits per heavy atom. The van der Waals surface area contributed by atoms with Gasteiger partial charge in [0.1, 0.15) is 0 Å². The Bertz CT molecular complexity index is 482. The second-order valence-electron chi connectivity index (χ2n) is 5.60. The van der Waals surface area contributed by atoms with E-state index in [1.807, 2.05) is 43.3 Å². The fourth-order valence-corrected chi connectivity index (χ4v) is 2.28. The molecule has 0 radical (unpaired) electrons. The van der Waals surface area contributed by atoms with Gasteiger partial charge in [-0.3, -0.25) is 4.79 Å². The predicted molar refractivity (Wildman–Crippen MR) is 81.6 cm³/mol. The summed E-state index contributed by atoms with van der Waals surface area (Å²) in [7, 11) is 3.98. The molecule has 1 aliphatic rings. The Morgan fingerprint density at radius 1 is 1.35 bits per heavy atom. The first-order chi connectivity index (χ1) is 9.54. The molecule has 0 unspecified atom stereocenters. The predicted octanol–water partition coefficient (Wildman–Crippen LogP) is 1.80. The second kappa shape index (κ2) is 6.09. The monoisotopic (exact) mass is 274 g/mol. The number of nitrogens with one attached hydrogen (secondary N) is 1. The molecule has 2 rings (SSSR count). The molecular formula is C16H22N2O2. The Labute approximate surface area is 120 Å². The molecule has 4 heteroatoms. The van der Waals surface area contributed by atoms with Crippen LogP contribution in [0.1, 0.15) is 24.8 Å². The Kier molecular flexibility index (Phi) is 4.45. The van der Waals surface area contributed by atoms with Gasteiger partial charge < -0.3 is 15.3 Å². The lowest BCUT2D eigenvalue weighted by Gasteiger charge is -2.40. The highest BCUT2D eigenvalue weighted by molar-refractivity contribution is 5.92. The van der Waals surface area contributed by atoms with Crippen molar-refractivity contribution in [1.82, 2.24) is 5.32 Å². The summed E-state index contributed by atoms with van der Waals surface area (Å²) in [6.07, 6.45) is 6.11. The van der Waals surface area contributed by atoms with Crippen molar-refractivity contribution in [2.24, 2.45) is 0 Å². The number of carbonyl (C=O) groups excluding carboxylic acids is 1. The van der Waals surface area contributed by atoms with E-state index in [2.05, 4.69) is 5.32 Å². The van der Waals surface area contributed by atoms with Gasteiger partial charge in [-0.2, -0.15) is 0 Å². The SMILES string of the molecule is CN(C)c1ccc(/C=C/C(=O)NC2(CO)CCC2)cc1. The highest BCUT2D eigenvalue weighted by Gasteiger charge is 2.37. The van der Waals surface area contributed by atoms with E-state index in [0.717, 1.165) is 30.5 Å². The molecule has 1 amide bonds. The number of benzene rings is 1. The summed E-state index contributed by atoms with van der Waals surface area (Å²) < 4.78 is 0. The van der Waals surface area contributed by atoms with Crippen molar-refractivity contribution in [3.05, 3.63) is 35.9 Å². The summed E-state index contributed by atoms with van der Waals surface area (Å²) in [6.45, 7) is 0.0180. The number of rotatable bonds is 5. The lowest BCUT2D eigenvalue weighted by Crippen LogP contribution is -2.55. The number of amides is 1. The molecule has 1 aromatic carbocycles. The van der Waals surface area contributed by atoms with Crippen molar-refractivity contribution in [1.29, 1.82) is 0 Å². The molecule has 0 aromatic heterocycles. The van der Waals surface area contributed by atoms with Gasteiger partial charge in [0.25, 0.3) is 0 Å². The number of hydrogen-bond donors (Lipinski definition) is 2. The average molecular weight is 274 g/mol. The topological polar surface area (TPSA) is 52.6 Å². The Balaban J connectivity index is 1.93. The van der Waals surface area contributed by atoms with Crippen molar-refractivity contribution < 1.29 is 9.90 Å². The zero-order chi connectivity index (χ0) is 14.6. The molecule has 0 atom stereocenters. The molecule has 1 aliphatic carbocycles. The normalized spacial score (nSPS) is 16.8. The zero-order valence-corrected chi connectivity index (χ0v) is 12.1. The minimum Gasteiger partial charge on any atom is -0.394 e. The Hall–Kier alpha value is -1.81. The first-order valence-electron chi connectivity index (χ1n) is 6.93. The third-order valence-corrected chi connectivity index (χ3v) is 3.84. The lowest BCUT2D eigenvalue weighted by molar-refractivity contribution is -0.120. The summed E-state index contributed by atoms with van der Waals surface area (Å²) in [5.74, 6) is -0.143. The van der Waals surface area contributed by atoms with E-state index in [9.17, 15) is 9.90 Å². The largest absolute Gasteiger partial charge is 0.394 e. The molecule has 2 N–H and O–H groups in total. The van der Waals surface area contributed by atoms with Crippen LogP contribution in [0.5, 0.6) is 0 Å². The summed E-state index contributed by atoms with van der Waals surface area (Å²) in [4.78, 5) is 13.9. The van der Waals surface area contributed by atoms with Gasteiger partial charge in [-0.1, -0.05) is 12.1 Å². The zero-order valence-electron chi connectivity index (χ0n) is 12.1. The van der Waals surface area contributed by atoms with Crippen LogP contribution in [0.3, 0.4) is 0 Å². The van der Waals surface area contributed by atoms with Crippen molar-refractivity contribution >= 4 is 17.7 Å². The van der Waals surface area contributed by atoms with Crippen LogP contribution in [0.25, 0.3) is 6.08 Å². The molecule has 20 heavy (non-hydrogen) atoms. The van der Waals surface area contributed by atoms with E-state index in [1.54, 1.807) is 6.08 Å². The molecule has 1 aromatic rings. The van der Waals surface area contributed by atoms with Crippen molar-refractivity contribution in [2.45, 2.75) is 24.8 Å². The maximum atomic E-state index is 11.8. The fourth-order valence-electron chi connectivity index (χ4n) is 2.28. The molecule has 0 heterocycles. The van der Waals surface area contributed by atoms with Crippen LogP contribution >= 0.6 is 0 Å². The minimum atomic E-state index is -0.379. The standard InChI is InChI=1S/C16H22N2O2/c1-18(2)14-7-4-13(5-8-14)6-9-15(20)17-16(12-19)10-3-11-16/h4-9,19H,3,10-12H2,1-2H3,(H,17,20)/b9-6+. The van der Waals surface area contributed by atoms with E-state index in [0.29, 0.717) is 0 Å². The van der Waals surface area contributed by atoms with Gasteiger partial charge in [0.15, 0.2) is 0 Å². The maximum absolute atomic E-state index is 11.8. The van der Waals surface area contributed by atoms with Gasteiger partial charge in [0, 0.05) is 25.9 Å². The lowest BCUT2D eigenvalue weighted by atomic mass is 9.77. The Morgan fingerprint density at radius 2 is 2.00 bits per heavy atom. The fraction of sp³-hybridized carbons (Fsp3) is 0.438. The van der Waals surface area contributed by atoms with E-state index < -0.39 is 0 Å². The average Bonchev–Trinajstić information content (AvgIpc) is 2.41. The third-order valence-electron chi connectivity index (χ3n) is 3.84. The van der Waals surface area contributed by atoms with Gasteiger partial charge in [-0.05, 0) is 43.0 Å². The summed E-state index contributed by atoms with van der Waals surface area (Å²) in [5.41, 5.74) is 1.73. The van der Waals surface area contributed by atoms with E-state index in [4.69, 9.17) is 0 Å². The number of aliphatic hydroxyl groups excluding tert-OH is 1. The molecule has 0 spiro atoms. The number of aliphatic hydroxyl groups is 1. The van der Waals surface area contributed by atoms with Gasteiger partial charge >= 0.3 is 0 Å². The van der Waals surface area contributed by atoms with Crippen LogP contribution < -0.4 is 10.2 Å². The quantitative estimate of drug-likeness (QED) is 0.805. The van der Waals surface area contributed by atoms with Crippen LogP contribution in [0, 0.1) is 0 Å². The molecule has 108 valence electrons. The van der Waals surface area contributed by atoms with Gasteiger partial charge in [-0.15, -0.1) is 0 Å². The van der Waals surface area contributed by atoms with Crippen LogP contribution in [-0.4, -0.2) is 37.3 Å². The van der Waals surface area contributed by atoms with E-state index in [-0.39, 0.29) is 18.1 Å².